The minimum absolute atomic E-state index is 0.130. The third-order valence-corrected chi connectivity index (χ3v) is 6.07. The van der Waals surface area contributed by atoms with E-state index in [2.05, 4.69) is 21.0 Å². The van der Waals surface area contributed by atoms with Crippen LogP contribution in [-0.2, 0) is 4.79 Å². The normalized spacial score (nSPS) is 11.3. The van der Waals surface area contributed by atoms with E-state index in [1.807, 2.05) is 60.0 Å². The fraction of sp³-hybridized carbons (Fsp3) is 0.0800. The highest BCUT2D eigenvalue weighted by atomic mass is 35.5. The summed E-state index contributed by atoms with van der Waals surface area (Å²) in [5.74, 6) is 0.747. The van der Waals surface area contributed by atoms with Crippen LogP contribution in [0, 0.1) is 0 Å². The number of carbonyl (C=O) groups excluding carboxylic acids is 1. The van der Waals surface area contributed by atoms with Crippen LogP contribution < -0.4 is 10.9 Å². The number of phenolic OH excluding ortho intramolecular Hbond substituents is 1. The molecule has 1 heterocycles. The summed E-state index contributed by atoms with van der Waals surface area (Å²) in [6.07, 6.45) is 1.84. The van der Waals surface area contributed by atoms with Gasteiger partial charge in [-0.2, -0.15) is 0 Å². The Hall–Kier alpha value is -3.75. The van der Waals surface area contributed by atoms with E-state index in [9.17, 15) is 9.90 Å². The van der Waals surface area contributed by atoms with Crippen molar-refractivity contribution in [2.24, 2.45) is 0 Å². The van der Waals surface area contributed by atoms with Crippen LogP contribution in [0.1, 0.15) is 12.5 Å². The van der Waals surface area contributed by atoms with E-state index >= 15 is 0 Å². The number of aromatic hydroxyl groups is 1. The highest BCUT2D eigenvalue weighted by Crippen LogP contribution is 2.28. The number of halogens is 1. The Kier molecular flexibility index (Phi) is 7.51. The van der Waals surface area contributed by atoms with Crippen molar-refractivity contribution in [2.75, 3.05) is 5.75 Å². The first-order valence-corrected chi connectivity index (χ1v) is 11.8. The highest BCUT2D eigenvalue weighted by Gasteiger charge is 2.17. The van der Waals surface area contributed by atoms with Gasteiger partial charge >= 0.3 is 0 Å². The molecular weight excluding hydrogens is 470 g/mol. The predicted octanol–water partition coefficient (Wildman–Crippen LogP) is 5.07. The molecule has 0 aliphatic carbocycles. The molecule has 0 aliphatic rings. The van der Waals surface area contributed by atoms with Gasteiger partial charge < -0.3 is 5.11 Å². The number of rotatable bonds is 8. The number of phenols is 1. The zero-order valence-electron chi connectivity index (χ0n) is 18.3. The molecule has 7 nitrogen and oxygen atoms in total. The molecule has 1 aromatic heterocycles. The molecule has 3 aromatic carbocycles. The molecular formula is C25H22ClN5O2S. The number of hydrogen-bond donors (Lipinski definition) is 3. The zero-order valence-corrected chi connectivity index (χ0v) is 19.8. The Labute approximate surface area is 206 Å². The maximum atomic E-state index is 12.6. The molecule has 0 unspecified atom stereocenters. The number of aromatic nitrogens is 3. The molecule has 1 amide bonds. The fourth-order valence-electron chi connectivity index (χ4n) is 3.21. The van der Waals surface area contributed by atoms with Crippen LogP contribution >= 0.6 is 23.4 Å². The van der Waals surface area contributed by atoms with Crippen LogP contribution in [0.15, 0.2) is 90.1 Å². The molecule has 0 bridgehead atoms. The number of allylic oxidation sites excluding steroid dienone is 1. The number of hydrogen-bond acceptors (Lipinski definition) is 6. The quantitative estimate of drug-likeness (QED) is 0.235. The van der Waals surface area contributed by atoms with Crippen molar-refractivity contribution in [2.45, 2.75) is 12.1 Å². The summed E-state index contributed by atoms with van der Waals surface area (Å²) in [5, 5.41) is 19.4. The van der Waals surface area contributed by atoms with E-state index in [0.29, 0.717) is 16.0 Å². The molecule has 0 atom stereocenters. The fourth-order valence-corrected chi connectivity index (χ4v) is 4.09. The van der Waals surface area contributed by atoms with Gasteiger partial charge in [-0.05, 0) is 73.2 Å². The SMILES string of the molecule is C/C=C(\NNC(=O)CSc1nnc(-c2ccc(Cl)cc2)n1-c1ccccc1)c1ccc(O)cc1. The molecule has 9 heteroatoms. The summed E-state index contributed by atoms with van der Waals surface area (Å²) in [5.41, 5.74) is 8.96. The number of hydrazine groups is 1. The van der Waals surface area contributed by atoms with Gasteiger partial charge in [0, 0.05) is 16.3 Å². The standard InChI is InChI=1S/C25H22ClN5O2S/c1-2-22(17-10-14-21(32)15-11-17)27-28-23(33)16-34-25-30-29-24(18-8-12-19(26)13-9-18)31(25)20-6-4-3-5-7-20/h2-15,27,32H,16H2,1H3,(H,28,33)/b22-2-. The number of nitrogens with zero attached hydrogens (tertiary/aromatic N) is 3. The number of carbonyl (C=O) groups is 1. The molecule has 0 spiro atoms. The Morgan fingerprint density at radius 3 is 2.38 bits per heavy atom. The van der Waals surface area contributed by atoms with Crippen LogP contribution in [-0.4, -0.2) is 31.5 Å². The third kappa shape index (κ3) is 5.59. The van der Waals surface area contributed by atoms with Gasteiger partial charge in [-0.3, -0.25) is 20.2 Å². The maximum Gasteiger partial charge on any atom is 0.248 e. The molecule has 0 radical (unpaired) electrons. The van der Waals surface area contributed by atoms with E-state index in [1.54, 1.807) is 36.4 Å². The van der Waals surface area contributed by atoms with E-state index in [1.165, 1.54) is 11.8 Å². The van der Waals surface area contributed by atoms with Crippen molar-refractivity contribution in [1.82, 2.24) is 25.6 Å². The van der Waals surface area contributed by atoms with Crippen molar-refractivity contribution in [3.63, 3.8) is 0 Å². The van der Waals surface area contributed by atoms with Gasteiger partial charge in [-0.1, -0.05) is 47.6 Å². The van der Waals surface area contributed by atoms with Gasteiger partial charge in [0.05, 0.1) is 11.4 Å². The summed E-state index contributed by atoms with van der Waals surface area (Å²) in [4.78, 5) is 12.6. The van der Waals surface area contributed by atoms with Gasteiger partial charge in [-0.15, -0.1) is 10.2 Å². The Morgan fingerprint density at radius 2 is 1.71 bits per heavy atom. The molecule has 0 aliphatic heterocycles. The zero-order chi connectivity index (χ0) is 23.9. The lowest BCUT2D eigenvalue weighted by Gasteiger charge is -2.13. The van der Waals surface area contributed by atoms with Gasteiger partial charge in [-0.25, -0.2) is 0 Å². The average molecular weight is 492 g/mol. The third-order valence-electron chi connectivity index (χ3n) is 4.89. The Bertz CT molecular complexity index is 1290. The van der Waals surface area contributed by atoms with Crippen molar-refractivity contribution >= 4 is 35.0 Å². The molecule has 34 heavy (non-hydrogen) atoms. The van der Waals surface area contributed by atoms with Crippen molar-refractivity contribution < 1.29 is 9.90 Å². The molecule has 0 fully saturated rings. The van der Waals surface area contributed by atoms with Gasteiger partial charge in [0.25, 0.3) is 0 Å². The average Bonchev–Trinajstić information content (AvgIpc) is 3.29. The minimum atomic E-state index is -0.223. The predicted molar refractivity (Wildman–Crippen MR) is 136 cm³/mol. The van der Waals surface area contributed by atoms with Crippen LogP contribution in [0.3, 0.4) is 0 Å². The minimum Gasteiger partial charge on any atom is -0.508 e. The highest BCUT2D eigenvalue weighted by molar-refractivity contribution is 7.99. The molecule has 0 saturated heterocycles. The lowest BCUT2D eigenvalue weighted by molar-refractivity contribution is -0.119. The molecule has 172 valence electrons. The van der Waals surface area contributed by atoms with E-state index in [4.69, 9.17) is 11.6 Å². The summed E-state index contributed by atoms with van der Waals surface area (Å²) < 4.78 is 1.92. The second-order valence-corrected chi connectivity index (χ2v) is 8.57. The van der Waals surface area contributed by atoms with Crippen molar-refractivity contribution in [1.29, 1.82) is 0 Å². The largest absolute Gasteiger partial charge is 0.508 e. The number of benzene rings is 3. The lowest BCUT2D eigenvalue weighted by Crippen LogP contribution is -2.37. The van der Waals surface area contributed by atoms with E-state index in [0.717, 1.165) is 22.5 Å². The smallest absolute Gasteiger partial charge is 0.248 e. The van der Waals surface area contributed by atoms with Gasteiger partial charge in [0.1, 0.15) is 5.75 Å². The first-order valence-electron chi connectivity index (χ1n) is 10.5. The summed E-state index contributed by atoms with van der Waals surface area (Å²) in [6, 6.07) is 23.8. The van der Waals surface area contributed by atoms with E-state index < -0.39 is 0 Å². The topological polar surface area (TPSA) is 92.1 Å². The van der Waals surface area contributed by atoms with Gasteiger partial charge in [0.15, 0.2) is 11.0 Å². The van der Waals surface area contributed by atoms with Crippen molar-refractivity contribution in [3.8, 4) is 22.8 Å². The van der Waals surface area contributed by atoms with Crippen LogP contribution in [0.25, 0.3) is 22.8 Å². The first-order chi connectivity index (χ1) is 16.5. The Balaban J connectivity index is 1.47. The maximum absolute atomic E-state index is 12.6. The molecule has 0 saturated carbocycles. The molecule has 4 aromatic rings. The van der Waals surface area contributed by atoms with Crippen LogP contribution in [0.4, 0.5) is 0 Å². The van der Waals surface area contributed by atoms with Crippen molar-refractivity contribution in [3.05, 3.63) is 95.5 Å². The van der Waals surface area contributed by atoms with Crippen LogP contribution in [0.5, 0.6) is 5.75 Å². The first kappa shape index (κ1) is 23.4. The van der Waals surface area contributed by atoms with E-state index in [-0.39, 0.29) is 17.4 Å². The Morgan fingerprint density at radius 1 is 1.00 bits per heavy atom. The summed E-state index contributed by atoms with van der Waals surface area (Å²) in [7, 11) is 0. The number of thioether (sulfide) groups is 1. The second-order valence-electron chi connectivity index (χ2n) is 7.20. The summed E-state index contributed by atoms with van der Waals surface area (Å²) >= 11 is 7.33. The summed E-state index contributed by atoms with van der Waals surface area (Å²) in [6.45, 7) is 1.86. The monoisotopic (exact) mass is 491 g/mol. The van der Waals surface area contributed by atoms with Gasteiger partial charge in [0.2, 0.25) is 5.91 Å². The van der Waals surface area contributed by atoms with Crippen LogP contribution in [0.2, 0.25) is 5.02 Å². The lowest BCUT2D eigenvalue weighted by atomic mass is 10.1. The number of nitrogens with one attached hydrogen (secondary N) is 2. The second kappa shape index (κ2) is 10.9. The number of amides is 1. The molecule has 3 N–H and O–H groups in total. The molecule has 4 rings (SSSR count). The number of para-hydroxylation sites is 1.